The van der Waals surface area contributed by atoms with E-state index in [-0.39, 0.29) is 11.9 Å². The molecule has 2 nitrogen and oxygen atoms in total. The molecule has 0 rings (SSSR count). The molecule has 108 valence electrons. The summed E-state index contributed by atoms with van der Waals surface area (Å²) < 4.78 is 5.16. The fourth-order valence-corrected chi connectivity index (χ4v) is 2.26. The van der Waals surface area contributed by atoms with Gasteiger partial charge in [-0.3, -0.25) is 4.79 Å². The molecule has 1 atom stereocenters. The number of rotatable bonds is 12. The van der Waals surface area contributed by atoms with Crippen LogP contribution in [0.1, 0.15) is 85.0 Å². The molecule has 0 heterocycles. The Labute approximate surface area is 113 Å². The van der Waals surface area contributed by atoms with Crippen LogP contribution in [0.25, 0.3) is 0 Å². The second-order valence-electron chi connectivity index (χ2n) is 5.15. The van der Waals surface area contributed by atoms with E-state index in [1.807, 2.05) is 6.92 Å². The zero-order chi connectivity index (χ0) is 13.6. The van der Waals surface area contributed by atoms with Gasteiger partial charge in [-0.2, -0.15) is 0 Å². The first-order chi connectivity index (χ1) is 8.76. The van der Waals surface area contributed by atoms with Crippen LogP contribution in [0.5, 0.6) is 0 Å². The standard InChI is InChI=1S/C16H32O2/c1-4-7-9-10-11-12-14-15(13-8-5-2)16(17)18-6-3/h15H,4-14H2,1-3H3. The third-order valence-electron chi connectivity index (χ3n) is 3.43. The van der Waals surface area contributed by atoms with Crippen LogP contribution in [-0.2, 0) is 9.53 Å². The molecule has 0 aromatic heterocycles. The Morgan fingerprint density at radius 3 is 2.00 bits per heavy atom. The predicted molar refractivity (Wildman–Crippen MR) is 77.6 cm³/mol. The van der Waals surface area contributed by atoms with E-state index in [0.717, 1.165) is 25.7 Å². The van der Waals surface area contributed by atoms with Crippen LogP contribution in [0.4, 0.5) is 0 Å². The summed E-state index contributed by atoms with van der Waals surface area (Å²) in [6.45, 7) is 6.81. The van der Waals surface area contributed by atoms with Gasteiger partial charge in [0.25, 0.3) is 0 Å². The molecule has 0 aliphatic carbocycles. The third kappa shape index (κ3) is 9.49. The monoisotopic (exact) mass is 256 g/mol. The van der Waals surface area contributed by atoms with Gasteiger partial charge in [0.1, 0.15) is 0 Å². The van der Waals surface area contributed by atoms with Crippen LogP contribution in [-0.4, -0.2) is 12.6 Å². The van der Waals surface area contributed by atoms with Crippen LogP contribution >= 0.6 is 0 Å². The second-order valence-corrected chi connectivity index (χ2v) is 5.15. The molecule has 0 aromatic rings. The molecule has 0 amide bonds. The lowest BCUT2D eigenvalue weighted by Crippen LogP contribution is -2.17. The van der Waals surface area contributed by atoms with Gasteiger partial charge in [0, 0.05) is 0 Å². The maximum atomic E-state index is 11.8. The van der Waals surface area contributed by atoms with Gasteiger partial charge >= 0.3 is 5.97 Å². The van der Waals surface area contributed by atoms with Crippen LogP contribution in [0.3, 0.4) is 0 Å². The number of ether oxygens (including phenoxy) is 1. The Bertz CT molecular complexity index is 190. The molecule has 0 aliphatic rings. The summed E-state index contributed by atoms with van der Waals surface area (Å²) in [5.74, 6) is 0.176. The summed E-state index contributed by atoms with van der Waals surface area (Å²) in [7, 11) is 0. The van der Waals surface area contributed by atoms with E-state index >= 15 is 0 Å². The first-order valence-corrected chi connectivity index (χ1v) is 7.92. The first-order valence-electron chi connectivity index (χ1n) is 7.92. The van der Waals surface area contributed by atoms with Crippen LogP contribution in [0.15, 0.2) is 0 Å². The van der Waals surface area contributed by atoms with Crippen molar-refractivity contribution in [1.29, 1.82) is 0 Å². The summed E-state index contributed by atoms with van der Waals surface area (Å²) >= 11 is 0. The number of carbonyl (C=O) groups excluding carboxylic acids is 1. The molecule has 1 unspecified atom stereocenters. The summed E-state index contributed by atoms with van der Waals surface area (Å²) in [6.07, 6.45) is 12.1. The minimum atomic E-state index is 0.0273. The van der Waals surface area contributed by atoms with Crippen molar-refractivity contribution >= 4 is 5.97 Å². The Kier molecular flexibility index (Phi) is 12.5. The molecule has 0 bridgehead atoms. The lowest BCUT2D eigenvalue weighted by molar-refractivity contribution is -0.148. The molecule has 0 aromatic carbocycles. The van der Waals surface area contributed by atoms with Crippen LogP contribution in [0, 0.1) is 5.92 Å². The molecular weight excluding hydrogens is 224 g/mol. The fraction of sp³-hybridized carbons (Fsp3) is 0.938. The van der Waals surface area contributed by atoms with Crippen molar-refractivity contribution in [1.82, 2.24) is 0 Å². The summed E-state index contributed by atoms with van der Waals surface area (Å²) in [4.78, 5) is 11.8. The molecule has 18 heavy (non-hydrogen) atoms. The van der Waals surface area contributed by atoms with Crippen LogP contribution < -0.4 is 0 Å². The summed E-state index contributed by atoms with van der Waals surface area (Å²) in [5.41, 5.74) is 0. The molecule has 0 spiro atoms. The van der Waals surface area contributed by atoms with E-state index < -0.39 is 0 Å². The topological polar surface area (TPSA) is 26.3 Å². The molecule has 2 heteroatoms. The zero-order valence-electron chi connectivity index (χ0n) is 12.7. The quantitative estimate of drug-likeness (QED) is 0.358. The Morgan fingerprint density at radius 1 is 0.833 bits per heavy atom. The van der Waals surface area contributed by atoms with Gasteiger partial charge in [-0.15, -0.1) is 0 Å². The molecule has 0 N–H and O–H groups in total. The Morgan fingerprint density at radius 2 is 1.39 bits per heavy atom. The van der Waals surface area contributed by atoms with E-state index in [1.165, 1.54) is 38.5 Å². The van der Waals surface area contributed by atoms with Crippen molar-refractivity contribution < 1.29 is 9.53 Å². The van der Waals surface area contributed by atoms with Gasteiger partial charge in [0.2, 0.25) is 0 Å². The Hall–Kier alpha value is -0.530. The van der Waals surface area contributed by atoms with E-state index in [1.54, 1.807) is 0 Å². The van der Waals surface area contributed by atoms with Gasteiger partial charge in [-0.25, -0.2) is 0 Å². The van der Waals surface area contributed by atoms with Crippen LogP contribution in [0.2, 0.25) is 0 Å². The number of unbranched alkanes of at least 4 members (excludes halogenated alkanes) is 6. The Balaban J connectivity index is 3.75. The maximum Gasteiger partial charge on any atom is 0.308 e. The van der Waals surface area contributed by atoms with Crippen molar-refractivity contribution in [3.8, 4) is 0 Å². The highest BCUT2D eigenvalue weighted by Crippen LogP contribution is 2.19. The number of carbonyl (C=O) groups is 1. The van der Waals surface area contributed by atoms with Gasteiger partial charge in [0.05, 0.1) is 12.5 Å². The molecular formula is C16H32O2. The lowest BCUT2D eigenvalue weighted by Gasteiger charge is -2.14. The molecule has 0 saturated heterocycles. The van der Waals surface area contributed by atoms with E-state index in [0.29, 0.717) is 6.61 Å². The highest BCUT2D eigenvalue weighted by molar-refractivity contribution is 5.72. The van der Waals surface area contributed by atoms with Gasteiger partial charge < -0.3 is 4.74 Å². The molecule has 0 fully saturated rings. The average Bonchev–Trinajstić information content (AvgIpc) is 2.37. The van der Waals surface area contributed by atoms with Crippen molar-refractivity contribution in [2.75, 3.05) is 6.61 Å². The molecule has 0 radical (unpaired) electrons. The normalized spacial score (nSPS) is 12.4. The fourth-order valence-electron chi connectivity index (χ4n) is 2.26. The highest BCUT2D eigenvalue weighted by Gasteiger charge is 2.18. The second kappa shape index (κ2) is 12.9. The summed E-state index contributed by atoms with van der Waals surface area (Å²) in [5, 5.41) is 0. The van der Waals surface area contributed by atoms with Crippen molar-refractivity contribution in [2.24, 2.45) is 5.92 Å². The predicted octanol–water partition coefficient (Wildman–Crippen LogP) is 5.11. The largest absolute Gasteiger partial charge is 0.466 e. The highest BCUT2D eigenvalue weighted by atomic mass is 16.5. The number of esters is 1. The van der Waals surface area contributed by atoms with Crippen molar-refractivity contribution in [3.63, 3.8) is 0 Å². The smallest absolute Gasteiger partial charge is 0.308 e. The van der Waals surface area contributed by atoms with Gasteiger partial charge in [-0.05, 0) is 19.8 Å². The number of hydrogen-bond donors (Lipinski definition) is 0. The third-order valence-corrected chi connectivity index (χ3v) is 3.43. The van der Waals surface area contributed by atoms with Gasteiger partial charge in [-0.1, -0.05) is 65.2 Å². The minimum absolute atomic E-state index is 0.0273. The van der Waals surface area contributed by atoms with Crippen molar-refractivity contribution in [2.45, 2.75) is 85.0 Å². The van der Waals surface area contributed by atoms with Gasteiger partial charge in [0.15, 0.2) is 0 Å². The average molecular weight is 256 g/mol. The van der Waals surface area contributed by atoms with Crippen molar-refractivity contribution in [3.05, 3.63) is 0 Å². The maximum absolute atomic E-state index is 11.8. The number of hydrogen-bond acceptors (Lipinski definition) is 2. The summed E-state index contributed by atoms with van der Waals surface area (Å²) in [6, 6.07) is 0. The zero-order valence-corrected chi connectivity index (χ0v) is 12.7. The molecule has 0 saturated carbocycles. The van der Waals surface area contributed by atoms with E-state index in [2.05, 4.69) is 13.8 Å². The lowest BCUT2D eigenvalue weighted by atomic mass is 9.95. The minimum Gasteiger partial charge on any atom is -0.466 e. The van der Waals surface area contributed by atoms with E-state index in [4.69, 9.17) is 4.74 Å². The first kappa shape index (κ1) is 17.5. The molecule has 0 aliphatic heterocycles. The SMILES string of the molecule is CCCCCCCCC(CCCC)C(=O)OCC. The van der Waals surface area contributed by atoms with E-state index in [9.17, 15) is 4.79 Å².